The lowest BCUT2D eigenvalue weighted by atomic mass is 10.1. The lowest BCUT2D eigenvalue weighted by Crippen LogP contribution is -2.22. The van der Waals surface area contributed by atoms with E-state index in [1.807, 2.05) is 0 Å². The molecule has 132 valence electrons. The second-order valence-electron chi connectivity index (χ2n) is 5.05. The monoisotopic (exact) mass is 366 g/mol. The zero-order chi connectivity index (χ0) is 18.4. The van der Waals surface area contributed by atoms with Crippen LogP contribution in [0.3, 0.4) is 0 Å². The van der Waals surface area contributed by atoms with E-state index in [9.17, 15) is 22.4 Å². The maximum Gasteiger partial charge on any atom is 0.310 e. The molecule has 25 heavy (non-hydrogen) atoms. The van der Waals surface area contributed by atoms with E-state index >= 15 is 0 Å². The van der Waals surface area contributed by atoms with Crippen LogP contribution in [-0.4, -0.2) is 26.9 Å². The highest BCUT2D eigenvalue weighted by Gasteiger charge is 2.12. The number of amides is 1. The van der Waals surface area contributed by atoms with Gasteiger partial charge >= 0.3 is 5.97 Å². The van der Waals surface area contributed by atoms with E-state index < -0.39 is 34.3 Å². The van der Waals surface area contributed by atoms with Gasteiger partial charge in [-0.3, -0.25) is 9.59 Å². The van der Waals surface area contributed by atoms with E-state index in [0.29, 0.717) is 5.69 Å². The molecule has 0 aliphatic carbocycles. The molecule has 0 saturated heterocycles. The molecule has 0 aliphatic rings. The number of primary sulfonamides is 1. The van der Waals surface area contributed by atoms with Crippen molar-refractivity contribution in [2.75, 3.05) is 11.9 Å². The van der Waals surface area contributed by atoms with E-state index in [1.165, 1.54) is 42.5 Å². The number of halogens is 1. The predicted molar refractivity (Wildman–Crippen MR) is 87.5 cm³/mol. The molecule has 0 radical (unpaired) electrons. The van der Waals surface area contributed by atoms with Gasteiger partial charge in [-0.2, -0.15) is 0 Å². The van der Waals surface area contributed by atoms with Crippen LogP contribution in [0.1, 0.15) is 5.56 Å². The molecule has 0 atom stereocenters. The van der Waals surface area contributed by atoms with Crippen molar-refractivity contribution in [1.82, 2.24) is 0 Å². The summed E-state index contributed by atoms with van der Waals surface area (Å²) in [4.78, 5) is 23.2. The van der Waals surface area contributed by atoms with Crippen molar-refractivity contribution in [3.8, 4) is 0 Å². The molecule has 2 rings (SSSR count). The second-order valence-corrected chi connectivity index (χ2v) is 6.61. The number of benzene rings is 2. The summed E-state index contributed by atoms with van der Waals surface area (Å²) >= 11 is 0. The van der Waals surface area contributed by atoms with Crippen LogP contribution in [0.4, 0.5) is 10.1 Å². The molecule has 0 aromatic heterocycles. The Morgan fingerprint density at radius 1 is 1.08 bits per heavy atom. The zero-order valence-electron chi connectivity index (χ0n) is 12.9. The molecule has 2 aromatic rings. The molecule has 0 bridgehead atoms. The van der Waals surface area contributed by atoms with Gasteiger partial charge in [-0.15, -0.1) is 0 Å². The highest BCUT2D eigenvalue weighted by Crippen LogP contribution is 2.12. The number of esters is 1. The first-order valence-corrected chi connectivity index (χ1v) is 8.62. The summed E-state index contributed by atoms with van der Waals surface area (Å²) in [6.45, 7) is -0.551. The van der Waals surface area contributed by atoms with Crippen molar-refractivity contribution in [3.05, 3.63) is 59.9 Å². The Morgan fingerprint density at radius 2 is 1.72 bits per heavy atom. The molecular formula is C16H15FN2O5S. The number of nitrogens with two attached hydrogens (primary N) is 1. The van der Waals surface area contributed by atoms with Crippen LogP contribution in [-0.2, 0) is 30.8 Å². The Hall–Kier alpha value is -2.78. The number of hydrogen-bond donors (Lipinski definition) is 2. The van der Waals surface area contributed by atoms with Gasteiger partial charge in [-0.05, 0) is 35.9 Å². The van der Waals surface area contributed by atoms with Crippen LogP contribution < -0.4 is 10.5 Å². The first-order valence-electron chi connectivity index (χ1n) is 7.07. The van der Waals surface area contributed by atoms with Crippen LogP contribution in [0.15, 0.2) is 53.4 Å². The molecule has 0 unspecified atom stereocenters. The fourth-order valence-electron chi connectivity index (χ4n) is 1.92. The number of carbonyl (C=O) groups is 2. The quantitative estimate of drug-likeness (QED) is 0.745. The summed E-state index contributed by atoms with van der Waals surface area (Å²) in [7, 11) is -3.82. The van der Waals surface area contributed by atoms with Gasteiger partial charge < -0.3 is 10.1 Å². The normalized spacial score (nSPS) is 11.0. The van der Waals surface area contributed by atoms with Gasteiger partial charge in [0.2, 0.25) is 10.0 Å². The Kier molecular flexibility index (Phi) is 5.84. The summed E-state index contributed by atoms with van der Waals surface area (Å²) in [5.41, 5.74) is 0.481. The van der Waals surface area contributed by atoms with Crippen molar-refractivity contribution in [3.63, 3.8) is 0 Å². The summed E-state index contributed by atoms with van der Waals surface area (Å²) in [5, 5.41) is 7.39. The fourth-order valence-corrected chi connectivity index (χ4v) is 2.43. The van der Waals surface area contributed by atoms with Crippen LogP contribution in [0.5, 0.6) is 0 Å². The summed E-state index contributed by atoms with van der Waals surface area (Å²) < 4.78 is 40.4. The number of ether oxygens (including phenoxy) is 1. The van der Waals surface area contributed by atoms with Gasteiger partial charge in [0.05, 0.1) is 11.3 Å². The van der Waals surface area contributed by atoms with Gasteiger partial charge in [-0.1, -0.05) is 18.2 Å². The van der Waals surface area contributed by atoms with E-state index in [0.717, 1.165) is 0 Å². The molecule has 9 heteroatoms. The molecule has 1 amide bonds. The Balaban J connectivity index is 1.84. The highest BCUT2D eigenvalue weighted by molar-refractivity contribution is 7.89. The topological polar surface area (TPSA) is 116 Å². The second kappa shape index (κ2) is 7.86. The van der Waals surface area contributed by atoms with Crippen molar-refractivity contribution >= 4 is 27.6 Å². The molecule has 0 spiro atoms. The average molecular weight is 366 g/mol. The molecule has 7 nitrogen and oxygen atoms in total. The third-order valence-corrected chi connectivity index (χ3v) is 4.05. The standard InChI is InChI=1S/C16H15FN2O5S/c17-14-4-2-1-3-11(14)9-16(21)24-10-15(20)19-12-5-7-13(8-6-12)25(18,22)23/h1-8H,9-10H2,(H,19,20)(H2,18,22,23). The predicted octanol–water partition coefficient (Wildman–Crippen LogP) is 1.20. The van der Waals surface area contributed by atoms with Crippen LogP contribution in [0, 0.1) is 5.82 Å². The average Bonchev–Trinajstić information content (AvgIpc) is 2.55. The van der Waals surface area contributed by atoms with E-state index in [1.54, 1.807) is 6.07 Å². The number of carbonyl (C=O) groups excluding carboxylic acids is 2. The Labute approximate surface area is 143 Å². The first kappa shape index (κ1) is 18.6. The lowest BCUT2D eigenvalue weighted by molar-refractivity contribution is -0.146. The number of anilines is 1. The van der Waals surface area contributed by atoms with Gasteiger partial charge in [0.25, 0.3) is 5.91 Å². The number of hydrogen-bond acceptors (Lipinski definition) is 5. The van der Waals surface area contributed by atoms with Crippen molar-refractivity contribution in [2.45, 2.75) is 11.3 Å². The molecule has 0 heterocycles. The first-order chi connectivity index (χ1) is 11.8. The van der Waals surface area contributed by atoms with Crippen molar-refractivity contribution in [1.29, 1.82) is 0 Å². The molecule has 3 N–H and O–H groups in total. The molecule has 0 saturated carbocycles. The number of nitrogens with one attached hydrogen (secondary N) is 1. The zero-order valence-corrected chi connectivity index (χ0v) is 13.8. The molecule has 0 aliphatic heterocycles. The highest BCUT2D eigenvalue weighted by atomic mass is 32.2. The maximum absolute atomic E-state index is 13.4. The van der Waals surface area contributed by atoms with E-state index in [-0.39, 0.29) is 16.9 Å². The lowest BCUT2D eigenvalue weighted by Gasteiger charge is -2.07. The largest absolute Gasteiger partial charge is 0.455 e. The third kappa shape index (κ3) is 5.66. The number of sulfonamides is 1. The van der Waals surface area contributed by atoms with E-state index in [4.69, 9.17) is 9.88 Å². The minimum atomic E-state index is -3.82. The van der Waals surface area contributed by atoms with Gasteiger partial charge in [0.15, 0.2) is 6.61 Å². The summed E-state index contributed by atoms with van der Waals surface area (Å²) in [5.74, 6) is -1.89. The van der Waals surface area contributed by atoms with Crippen molar-refractivity contribution < 1.29 is 27.1 Å². The SMILES string of the molecule is NS(=O)(=O)c1ccc(NC(=O)COC(=O)Cc2ccccc2F)cc1. The summed E-state index contributed by atoms with van der Waals surface area (Å²) in [6.07, 6.45) is -0.289. The number of rotatable bonds is 6. The van der Waals surface area contributed by atoms with E-state index in [2.05, 4.69) is 5.32 Å². The molecule has 2 aromatic carbocycles. The van der Waals surface area contributed by atoms with Crippen LogP contribution >= 0.6 is 0 Å². The van der Waals surface area contributed by atoms with Crippen LogP contribution in [0.2, 0.25) is 0 Å². The maximum atomic E-state index is 13.4. The molecule has 0 fully saturated rings. The van der Waals surface area contributed by atoms with Gasteiger partial charge in [0, 0.05) is 5.69 Å². The molecular weight excluding hydrogens is 351 g/mol. The Bertz CT molecular complexity index is 882. The summed E-state index contributed by atoms with van der Waals surface area (Å²) in [6, 6.07) is 10.9. The van der Waals surface area contributed by atoms with Gasteiger partial charge in [0.1, 0.15) is 5.82 Å². The fraction of sp³-hybridized carbons (Fsp3) is 0.125. The Morgan fingerprint density at radius 3 is 2.32 bits per heavy atom. The smallest absolute Gasteiger partial charge is 0.310 e. The van der Waals surface area contributed by atoms with Gasteiger partial charge in [-0.25, -0.2) is 17.9 Å². The van der Waals surface area contributed by atoms with Crippen molar-refractivity contribution in [2.24, 2.45) is 5.14 Å². The third-order valence-electron chi connectivity index (χ3n) is 3.12. The minimum Gasteiger partial charge on any atom is -0.455 e. The minimum absolute atomic E-state index is 0.0955. The van der Waals surface area contributed by atoms with Crippen LogP contribution in [0.25, 0.3) is 0 Å².